The van der Waals surface area contributed by atoms with Gasteiger partial charge in [-0.3, -0.25) is 4.98 Å². The minimum absolute atomic E-state index is 0.175. The van der Waals surface area contributed by atoms with Crippen LogP contribution in [0.4, 0.5) is 10.1 Å². The zero-order valence-electron chi connectivity index (χ0n) is 19.4. The van der Waals surface area contributed by atoms with Crippen LogP contribution in [0.1, 0.15) is 49.8 Å². The van der Waals surface area contributed by atoms with Gasteiger partial charge in [0.15, 0.2) is 5.11 Å². The second kappa shape index (κ2) is 9.47. The Morgan fingerprint density at radius 2 is 1.76 bits per heavy atom. The molecule has 1 saturated heterocycles. The molecule has 8 nitrogen and oxygen atoms in total. The molecule has 4 aromatic rings. The molecule has 1 aliphatic heterocycles. The third-order valence-electron chi connectivity index (χ3n) is 6.15. The molecule has 37 heavy (non-hydrogen) atoms. The molecule has 0 aliphatic carbocycles. The minimum atomic E-state index is -1.26. The van der Waals surface area contributed by atoms with Gasteiger partial charge < -0.3 is 24.8 Å². The van der Waals surface area contributed by atoms with Crippen molar-refractivity contribution in [1.29, 1.82) is 0 Å². The lowest BCUT2D eigenvalue weighted by Gasteiger charge is -2.26. The number of aromatic carboxylic acids is 2. The number of hydrogen-bond acceptors (Lipinski definition) is 5. The molecule has 0 unspecified atom stereocenters. The number of furan rings is 1. The first-order valence-electron chi connectivity index (χ1n) is 11.2. The van der Waals surface area contributed by atoms with E-state index in [-0.39, 0.29) is 22.7 Å². The lowest BCUT2D eigenvalue weighted by Crippen LogP contribution is -2.29. The van der Waals surface area contributed by atoms with Crippen LogP contribution in [0.25, 0.3) is 11.3 Å². The highest BCUT2D eigenvalue weighted by atomic mass is 32.1. The number of halogens is 1. The van der Waals surface area contributed by atoms with E-state index in [9.17, 15) is 24.2 Å². The molecule has 186 valence electrons. The fourth-order valence-electron chi connectivity index (χ4n) is 4.38. The number of carbonyl (C=O) groups is 2. The molecule has 0 saturated carbocycles. The standard InChI is InChI=1S/C27H20FN3O5S/c1-14-10-18(5-6-19(14)28)31-24(23(30-27(31)37)20-4-2-3-9-29-20)22-8-7-21(36-22)15-11-16(25(32)33)13-17(12-15)26(34)35/h2-13,23-24H,1H3,(H,30,37)(H,32,33)(H,34,35)/t23-,24+/m0/s1. The first-order chi connectivity index (χ1) is 17.7. The number of rotatable bonds is 6. The molecule has 2 aromatic carbocycles. The number of hydrogen-bond donors (Lipinski definition) is 3. The summed E-state index contributed by atoms with van der Waals surface area (Å²) in [6.45, 7) is 1.66. The number of nitrogens with one attached hydrogen (secondary N) is 1. The number of aryl methyl sites for hydroxylation is 1. The van der Waals surface area contributed by atoms with Crippen molar-refractivity contribution in [3.05, 3.63) is 107 Å². The maximum absolute atomic E-state index is 14.0. The highest BCUT2D eigenvalue weighted by Crippen LogP contribution is 2.43. The average Bonchev–Trinajstić information content (AvgIpc) is 3.50. The summed E-state index contributed by atoms with van der Waals surface area (Å²) in [4.78, 5) is 29.4. The van der Waals surface area contributed by atoms with Crippen molar-refractivity contribution in [2.24, 2.45) is 0 Å². The van der Waals surface area contributed by atoms with Crippen LogP contribution >= 0.6 is 12.2 Å². The molecule has 1 fully saturated rings. The number of benzene rings is 2. The third kappa shape index (κ3) is 4.54. The van der Waals surface area contributed by atoms with Crippen molar-refractivity contribution in [3.8, 4) is 11.3 Å². The first-order valence-corrected chi connectivity index (χ1v) is 11.6. The normalized spacial score (nSPS) is 17.0. The van der Waals surface area contributed by atoms with Crippen molar-refractivity contribution in [2.45, 2.75) is 19.0 Å². The highest BCUT2D eigenvalue weighted by Gasteiger charge is 2.42. The van der Waals surface area contributed by atoms with Gasteiger partial charge in [-0.1, -0.05) is 6.07 Å². The van der Waals surface area contributed by atoms with Crippen LogP contribution in [0.15, 0.2) is 77.3 Å². The Morgan fingerprint density at radius 3 is 2.38 bits per heavy atom. The molecule has 3 N–H and O–H groups in total. The Hall–Kier alpha value is -4.57. The van der Waals surface area contributed by atoms with Gasteiger partial charge in [0, 0.05) is 17.4 Å². The smallest absolute Gasteiger partial charge is 0.335 e. The Bertz CT molecular complexity index is 1510. The van der Waals surface area contributed by atoms with Gasteiger partial charge in [0.1, 0.15) is 23.4 Å². The molecule has 5 rings (SSSR count). The first kappa shape index (κ1) is 24.1. The number of nitrogens with zero attached hydrogens (tertiary/aromatic N) is 2. The number of aromatic nitrogens is 1. The van der Waals surface area contributed by atoms with Gasteiger partial charge in [0.25, 0.3) is 0 Å². The van der Waals surface area contributed by atoms with Crippen LogP contribution in [0.3, 0.4) is 0 Å². The largest absolute Gasteiger partial charge is 0.478 e. The number of thiocarbonyl (C=S) groups is 1. The second-order valence-corrected chi connectivity index (χ2v) is 8.93. The molecule has 0 amide bonds. The molecular weight excluding hydrogens is 497 g/mol. The van der Waals surface area contributed by atoms with E-state index in [1.807, 2.05) is 17.0 Å². The van der Waals surface area contributed by atoms with E-state index < -0.39 is 24.0 Å². The van der Waals surface area contributed by atoms with E-state index in [1.54, 1.807) is 43.5 Å². The van der Waals surface area contributed by atoms with E-state index in [1.165, 1.54) is 18.2 Å². The van der Waals surface area contributed by atoms with Gasteiger partial charge in [-0.2, -0.15) is 0 Å². The average molecular weight is 518 g/mol. The van der Waals surface area contributed by atoms with E-state index in [0.717, 1.165) is 6.07 Å². The number of anilines is 1. The van der Waals surface area contributed by atoms with Gasteiger partial charge in [-0.15, -0.1) is 0 Å². The summed E-state index contributed by atoms with van der Waals surface area (Å²) in [6, 6.07) is 16.4. The van der Waals surface area contributed by atoms with Crippen molar-refractivity contribution in [3.63, 3.8) is 0 Å². The molecule has 2 atom stereocenters. The molecule has 10 heteroatoms. The zero-order valence-corrected chi connectivity index (χ0v) is 20.2. The molecule has 3 heterocycles. The van der Waals surface area contributed by atoms with Crippen LogP contribution in [0, 0.1) is 12.7 Å². The topological polar surface area (TPSA) is 116 Å². The summed E-state index contributed by atoms with van der Waals surface area (Å²) in [6.07, 6.45) is 1.67. The molecule has 2 aromatic heterocycles. The fraction of sp³-hybridized carbons (Fsp3) is 0.111. The van der Waals surface area contributed by atoms with Gasteiger partial charge in [0.2, 0.25) is 0 Å². The Morgan fingerprint density at radius 1 is 1.03 bits per heavy atom. The van der Waals surface area contributed by atoms with Gasteiger partial charge in [-0.25, -0.2) is 14.0 Å². The predicted molar refractivity (Wildman–Crippen MR) is 137 cm³/mol. The lowest BCUT2D eigenvalue weighted by atomic mass is 10.0. The maximum Gasteiger partial charge on any atom is 0.335 e. The summed E-state index contributed by atoms with van der Waals surface area (Å²) >= 11 is 5.67. The van der Waals surface area contributed by atoms with Crippen molar-refractivity contribution < 1.29 is 28.6 Å². The number of carboxylic acid groups (broad SMARTS) is 2. The highest BCUT2D eigenvalue weighted by molar-refractivity contribution is 7.80. The summed E-state index contributed by atoms with van der Waals surface area (Å²) in [5.74, 6) is -2.09. The summed E-state index contributed by atoms with van der Waals surface area (Å²) in [5.41, 5.74) is 1.76. The Labute approximate surface area is 216 Å². The van der Waals surface area contributed by atoms with Gasteiger partial charge in [0.05, 0.1) is 22.9 Å². The van der Waals surface area contributed by atoms with Crippen LogP contribution in [-0.2, 0) is 0 Å². The zero-order chi connectivity index (χ0) is 26.3. The molecule has 1 aliphatic rings. The van der Waals surface area contributed by atoms with Crippen molar-refractivity contribution in [2.75, 3.05) is 4.90 Å². The van der Waals surface area contributed by atoms with Crippen LogP contribution in [0.2, 0.25) is 0 Å². The van der Waals surface area contributed by atoms with E-state index in [2.05, 4.69) is 10.3 Å². The predicted octanol–water partition coefficient (Wildman–Crippen LogP) is 5.36. The van der Waals surface area contributed by atoms with E-state index >= 15 is 0 Å². The Kier molecular flexibility index (Phi) is 6.18. The minimum Gasteiger partial charge on any atom is -0.478 e. The molecule has 0 radical (unpaired) electrons. The number of pyridine rings is 1. The maximum atomic E-state index is 14.0. The third-order valence-corrected chi connectivity index (χ3v) is 6.46. The molecule has 0 bridgehead atoms. The lowest BCUT2D eigenvalue weighted by molar-refractivity contribution is 0.0696. The van der Waals surface area contributed by atoms with Crippen molar-refractivity contribution in [1.82, 2.24) is 10.3 Å². The molecule has 0 spiro atoms. The van der Waals surface area contributed by atoms with E-state index in [0.29, 0.717) is 33.4 Å². The number of carboxylic acids is 2. The quantitative estimate of drug-likeness (QED) is 0.291. The second-order valence-electron chi connectivity index (χ2n) is 8.54. The summed E-state index contributed by atoms with van der Waals surface area (Å²) < 4.78 is 20.2. The van der Waals surface area contributed by atoms with E-state index in [4.69, 9.17) is 16.6 Å². The van der Waals surface area contributed by atoms with Crippen LogP contribution in [0.5, 0.6) is 0 Å². The Balaban J connectivity index is 1.62. The summed E-state index contributed by atoms with van der Waals surface area (Å²) in [5, 5.41) is 22.6. The monoisotopic (exact) mass is 517 g/mol. The SMILES string of the molecule is Cc1cc(N2C(=S)N[C@@H](c3ccccn3)[C@H]2c2ccc(-c3cc(C(=O)O)cc(C(=O)O)c3)o2)ccc1F. The van der Waals surface area contributed by atoms with Crippen LogP contribution in [-0.4, -0.2) is 32.2 Å². The fourth-order valence-corrected chi connectivity index (χ4v) is 4.73. The van der Waals surface area contributed by atoms with Crippen molar-refractivity contribution >= 4 is 35.0 Å². The van der Waals surface area contributed by atoms with Gasteiger partial charge in [-0.05, 0) is 85.4 Å². The van der Waals surface area contributed by atoms with Gasteiger partial charge >= 0.3 is 11.9 Å². The van der Waals surface area contributed by atoms with Crippen LogP contribution < -0.4 is 10.2 Å². The summed E-state index contributed by atoms with van der Waals surface area (Å²) in [7, 11) is 0. The molecular formula is C27H20FN3O5S.